The molecule has 0 saturated carbocycles. The van der Waals surface area contributed by atoms with Gasteiger partial charge in [0.25, 0.3) is 5.89 Å². The summed E-state index contributed by atoms with van der Waals surface area (Å²) in [5, 5.41) is 1.01. The first-order valence-corrected chi connectivity index (χ1v) is 6.84. The molecule has 0 radical (unpaired) electrons. The molecule has 0 fully saturated rings. The molecule has 98 valence electrons. The number of benzene rings is 2. The van der Waals surface area contributed by atoms with E-state index < -0.39 is 0 Å². The van der Waals surface area contributed by atoms with E-state index in [1.54, 1.807) is 6.07 Å². The number of nitrogens with zero attached hydrogens (tertiary/aromatic N) is 1. The largest absolute Gasteiger partial charge is 0.451 e. The number of para-hydroxylation sites is 1. The van der Waals surface area contributed by atoms with Gasteiger partial charge in [0, 0.05) is 9.86 Å². The van der Waals surface area contributed by atoms with E-state index in [0.717, 1.165) is 15.4 Å². The highest BCUT2D eigenvalue weighted by Crippen LogP contribution is 2.33. The molecule has 4 nitrogen and oxygen atoms in total. The van der Waals surface area contributed by atoms with Crippen LogP contribution < -0.4 is 5.73 Å². The molecule has 2 N–H and O–H groups in total. The summed E-state index contributed by atoms with van der Waals surface area (Å²) in [6.07, 6.45) is 0. The summed E-state index contributed by atoms with van der Waals surface area (Å²) in [7, 11) is 0. The number of aromatic nitrogens is 1. The second-order valence-electron chi connectivity index (χ2n) is 4.51. The molecule has 4 rings (SSSR count). The van der Waals surface area contributed by atoms with E-state index >= 15 is 0 Å². The number of rotatable bonds is 1. The van der Waals surface area contributed by atoms with Crippen LogP contribution >= 0.6 is 15.9 Å². The van der Waals surface area contributed by atoms with Gasteiger partial charge in [-0.3, -0.25) is 0 Å². The van der Waals surface area contributed by atoms with E-state index in [0.29, 0.717) is 28.4 Å². The molecule has 2 aromatic heterocycles. The van der Waals surface area contributed by atoms with Crippen molar-refractivity contribution in [3.05, 3.63) is 46.9 Å². The Bertz CT molecular complexity index is 907. The van der Waals surface area contributed by atoms with Gasteiger partial charge in [-0.1, -0.05) is 34.1 Å². The van der Waals surface area contributed by atoms with Crippen LogP contribution in [0.5, 0.6) is 0 Å². The summed E-state index contributed by atoms with van der Waals surface area (Å²) in [5.74, 6) is 1.03. The average Bonchev–Trinajstić information content (AvgIpc) is 3.01. The maximum atomic E-state index is 5.93. The molecule has 0 atom stereocenters. The van der Waals surface area contributed by atoms with Gasteiger partial charge >= 0.3 is 0 Å². The SMILES string of the molecule is Nc1cc(Br)cc2nc(-c3cc4ccccc4o3)oc12. The maximum Gasteiger partial charge on any atom is 0.264 e. The third-order valence-corrected chi connectivity index (χ3v) is 3.58. The molecule has 5 heteroatoms. The van der Waals surface area contributed by atoms with Crippen molar-refractivity contribution >= 4 is 43.7 Å². The quantitative estimate of drug-likeness (QED) is 0.519. The molecule has 0 aliphatic carbocycles. The molecule has 0 spiro atoms. The summed E-state index contributed by atoms with van der Waals surface area (Å²) >= 11 is 3.39. The Morgan fingerprint density at radius 3 is 2.75 bits per heavy atom. The van der Waals surface area contributed by atoms with E-state index in [-0.39, 0.29) is 0 Å². The van der Waals surface area contributed by atoms with Gasteiger partial charge in [-0.05, 0) is 24.3 Å². The van der Waals surface area contributed by atoms with Crippen molar-refractivity contribution in [1.29, 1.82) is 0 Å². The first kappa shape index (κ1) is 11.5. The zero-order valence-corrected chi connectivity index (χ0v) is 11.8. The predicted molar refractivity (Wildman–Crippen MR) is 81.3 cm³/mol. The van der Waals surface area contributed by atoms with Crippen molar-refractivity contribution in [2.24, 2.45) is 0 Å². The van der Waals surface area contributed by atoms with Crippen LogP contribution in [-0.2, 0) is 0 Å². The van der Waals surface area contributed by atoms with Gasteiger partial charge in [0.1, 0.15) is 11.1 Å². The highest BCUT2D eigenvalue weighted by molar-refractivity contribution is 9.10. The maximum absolute atomic E-state index is 5.93. The van der Waals surface area contributed by atoms with Gasteiger partial charge in [0.2, 0.25) is 0 Å². The minimum Gasteiger partial charge on any atom is -0.451 e. The fraction of sp³-hybridized carbons (Fsp3) is 0. The molecule has 0 bridgehead atoms. The van der Waals surface area contributed by atoms with Crippen LogP contribution in [0, 0.1) is 0 Å². The number of halogens is 1. The van der Waals surface area contributed by atoms with E-state index in [4.69, 9.17) is 14.6 Å². The lowest BCUT2D eigenvalue weighted by atomic mass is 10.2. The fourth-order valence-electron chi connectivity index (χ4n) is 2.22. The normalized spacial score (nSPS) is 11.4. The number of oxazole rings is 1. The molecule has 4 aromatic rings. The molecule has 20 heavy (non-hydrogen) atoms. The first-order valence-electron chi connectivity index (χ1n) is 6.05. The summed E-state index contributed by atoms with van der Waals surface area (Å²) in [5.41, 5.74) is 8.55. The molecule has 2 aromatic carbocycles. The molecule has 0 aliphatic heterocycles. The van der Waals surface area contributed by atoms with Crippen molar-refractivity contribution < 1.29 is 8.83 Å². The van der Waals surface area contributed by atoms with Gasteiger partial charge in [0.15, 0.2) is 11.3 Å². The highest BCUT2D eigenvalue weighted by atomic mass is 79.9. The number of fused-ring (bicyclic) bond motifs is 2. The standard InChI is InChI=1S/C15H9BrN2O2/c16-9-6-10(17)14-11(7-9)18-15(20-14)13-5-8-3-1-2-4-12(8)19-13/h1-7H,17H2. The van der Waals surface area contributed by atoms with Gasteiger partial charge in [0.05, 0.1) is 5.69 Å². The lowest BCUT2D eigenvalue weighted by molar-refractivity contribution is 0.560. The molecule has 0 saturated heterocycles. The summed E-state index contributed by atoms with van der Waals surface area (Å²) < 4.78 is 12.3. The number of hydrogen-bond acceptors (Lipinski definition) is 4. The Hall–Kier alpha value is -2.27. The smallest absolute Gasteiger partial charge is 0.264 e. The zero-order valence-electron chi connectivity index (χ0n) is 10.3. The number of nitrogen functional groups attached to an aromatic ring is 1. The minimum absolute atomic E-state index is 0.431. The molecule has 0 aliphatic rings. The summed E-state index contributed by atoms with van der Waals surface area (Å²) in [6.45, 7) is 0. The van der Waals surface area contributed by atoms with Gasteiger partial charge in [-0.2, -0.15) is 0 Å². The van der Waals surface area contributed by atoms with Gasteiger partial charge in [-0.25, -0.2) is 4.98 Å². The Balaban J connectivity index is 1.95. The van der Waals surface area contributed by atoms with Crippen LogP contribution in [0.15, 0.2) is 55.8 Å². The van der Waals surface area contributed by atoms with E-state index in [2.05, 4.69) is 20.9 Å². The third-order valence-electron chi connectivity index (χ3n) is 3.12. The van der Waals surface area contributed by atoms with Crippen LogP contribution in [-0.4, -0.2) is 4.98 Å². The zero-order chi connectivity index (χ0) is 13.7. The first-order chi connectivity index (χ1) is 9.70. The van der Waals surface area contributed by atoms with Crippen molar-refractivity contribution in [2.45, 2.75) is 0 Å². The lowest BCUT2D eigenvalue weighted by Gasteiger charge is -1.93. The fourth-order valence-corrected chi connectivity index (χ4v) is 2.68. The van der Waals surface area contributed by atoms with Crippen molar-refractivity contribution in [2.75, 3.05) is 5.73 Å². The minimum atomic E-state index is 0.431. The second-order valence-corrected chi connectivity index (χ2v) is 5.43. The Morgan fingerprint density at radius 2 is 1.90 bits per heavy atom. The van der Waals surface area contributed by atoms with Crippen LogP contribution in [0.25, 0.3) is 33.7 Å². The van der Waals surface area contributed by atoms with Crippen LogP contribution in [0.4, 0.5) is 5.69 Å². The van der Waals surface area contributed by atoms with Gasteiger partial charge < -0.3 is 14.6 Å². The molecule has 2 heterocycles. The summed E-state index contributed by atoms with van der Waals surface area (Å²) in [4.78, 5) is 4.43. The van der Waals surface area contributed by atoms with Crippen LogP contribution in [0.2, 0.25) is 0 Å². The van der Waals surface area contributed by atoms with Crippen LogP contribution in [0.1, 0.15) is 0 Å². The van der Waals surface area contributed by atoms with Crippen molar-refractivity contribution in [3.8, 4) is 11.7 Å². The Morgan fingerprint density at radius 1 is 1.05 bits per heavy atom. The van der Waals surface area contributed by atoms with Crippen molar-refractivity contribution in [3.63, 3.8) is 0 Å². The lowest BCUT2D eigenvalue weighted by Crippen LogP contribution is -1.84. The van der Waals surface area contributed by atoms with Crippen molar-refractivity contribution in [1.82, 2.24) is 4.98 Å². The number of hydrogen-bond donors (Lipinski definition) is 1. The Kier molecular flexibility index (Phi) is 2.37. The number of furan rings is 1. The molecular formula is C15H9BrN2O2. The Labute approximate surface area is 122 Å². The second kappa shape index (κ2) is 4.11. The predicted octanol–water partition coefficient (Wildman–Crippen LogP) is 4.59. The van der Waals surface area contributed by atoms with E-state index in [1.165, 1.54) is 0 Å². The molecular weight excluding hydrogens is 320 g/mol. The molecule has 0 amide bonds. The highest BCUT2D eigenvalue weighted by Gasteiger charge is 2.15. The van der Waals surface area contributed by atoms with E-state index in [9.17, 15) is 0 Å². The third kappa shape index (κ3) is 1.71. The monoisotopic (exact) mass is 328 g/mol. The topological polar surface area (TPSA) is 65.2 Å². The summed E-state index contributed by atoms with van der Waals surface area (Å²) in [6, 6.07) is 13.3. The van der Waals surface area contributed by atoms with Gasteiger partial charge in [-0.15, -0.1) is 0 Å². The average molecular weight is 329 g/mol. The molecule has 0 unspecified atom stereocenters. The van der Waals surface area contributed by atoms with Crippen LogP contribution in [0.3, 0.4) is 0 Å². The number of nitrogens with two attached hydrogens (primary N) is 1. The number of anilines is 1. The van der Waals surface area contributed by atoms with E-state index in [1.807, 2.05) is 36.4 Å².